The Labute approximate surface area is 141 Å². The Hall–Kier alpha value is -1.64. The Morgan fingerprint density at radius 3 is 2.22 bits per heavy atom. The summed E-state index contributed by atoms with van der Waals surface area (Å²) in [5.41, 5.74) is 2.75. The molecule has 2 atom stereocenters. The molecule has 1 heterocycles. The van der Waals surface area contributed by atoms with Gasteiger partial charge in [-0.2, -0.15) is 0 Å². The monoisotopic (exact) mass is 322 g/mol. The first-order valence-electron chi connectivity index (χ1n) is 8.46. The largest absolute Gasteiger partial charge is 0.373 e. The van der Waals surface area contributed by atoms with Gasteiger partial charge in [0.2, 0.25) is 0 Å². The van der Waals surface area contributed by atoms with Crippen LogP contribution in [0.2, 0.25) is 19.1 Å². The molecule has 1 nitrogen and oxygen atoms in total. The Morgan fingerprint density at radius 2 is 1.65 bits per heavy atom. The van der Waals surface area contributed by atoms with Gasteiger partial charge in [-0.1, -0.05) is 91.1 Å². The molecule has 1 fully saturated rings. The highest BCUT2D eigenvalue weighted by atomic mass is 28.3. The van der Waals surface area contributed by atoms with E-state index in [9.17, 15) is 0 Å². The van der Waals surface area contributed by atoms with Gasteiger partial charge in [0.1, 0.15) is 0 Å². The summed E-state index contributed by atoms with van der Waals surface area (Å²) < 4.78 is 5.50. The van der Waals surface area contributed by atoms with Crippen molar-refractivity contribution in [2.24, 2.45) is 0 Å². The van der Waals surface area contributed by atoms with Crippen LogP contribution < -0.4 is 5.19 Å². The lowest BCUT2D eigenvalue weighted by atomic mass is 9.89. The number of ether oxygens (including phenoxy) is 1. The van der Waals surface area contributed by atoms with Crippen LogP contribution in [0.3, 0.4) is 0 Å². The molecule has 1 aliphatic heterocycles. The molecule has 2 aromatic rings. The summed E-state index contributed by atoms with van der Waals surface area (Å²) in [4.78, 5) is 0. The zero-order valence-electron chi connectivity index (χ0n) is 14.2. The fourth-order valence-corrected chi connectivity index (χ4v) is 6.05. The van der Waals surface area contributed by atoms with Crippen LogP contribution in [-0.2, 0) is 4.74 Å². The Balaban J connectivity index is 1.78. The average Bonchev–Trinajstić information content (AvgIpc) is 3.38. The first-order chi connectivity index (χ1) is 11.1. The molecule has 0 saturated carbocycles. The van der Waals surface area contributed by atoms with Crippen LogP contribution in [0.1, 0.15) is 17.9 Å². The van der Waals surface area contributed by atoms with E-state index in [0.717, 1.165) is 19.1 Å². The maximum absolute atomic E-state index is 5.50. The van der Waals surface area contributed by atoms with Gasteiger partial charge < -0.3 is 4.74 Å². The molecule has 0 amide bonds. The van der Waals surface area contributed by atoms with Crippen LogP contribution in [0, 0.1) is 0 Å². The summed E-state index contributed by atoms with van der Waals surface area (Å²) in [5, 5.41) is 1.51. The second-order valence-corrected chi connectivity index (χ2v) is 11.9. The quantitative estimate of drug-likeness (QED) is 0.408. The Kier molecular flexibility index (Phi) is 4.84. The van der Waals surface area contributed by atoms with Gasteiger partial charge in [-0.3, -0.25) is 0 Å². The standard InChI is InChI=1S/C21H26OSi/c1-17(16-23(2,3)20-12-8-5-9-13-20)21(14-19-15-22-19)18-10-6-4-7-11-18/h4-13,19,21H,1,14-16H2,2-3H3. The Morgan fingerprint density at radius 1 is 1.09 bits per heavy atom. The molecular weight excluding hydrogens is 296 g/mol. The van der Waals surface area contributed by atoms with Crippen molar-refractivity contribution in [3.8, 4) is 0 Å². The van der Waals surface area contributed by atoms with E-state index < -0.39 is 8.07 Å². The number of hydrogen-bond acceptors (Lipinski definition) is 1. The molecule has 0 aromatic heterocycles. The summed E-state index contributed by atoms with van der Waals surface area (Å²) in [7, 11) is -1.51. The van der Waals surface area contributed by atoms with Gasteiger partial charge in [-0.05, 0) is 18.0 Å². The smallest absolute Gasteiger partial charge is 0.0846 e. The van der Waals surface area contributed by atoms with Crippen molar-refractivity contribution >= 4 is 13.3 Å². The molecule has 0 N–H and O–H groups in total. The Bertz CT molecular complexity index is 644. The van der Waals surface area contributed by atoms with E-state index >= 15 is 0 Å². The van der Waals surface area contributed by atoms with Gasteiger partial charge >= 0.3 is 0 Å². The van der Waals surface area contributed by atoms with Crippen LogP contribution in [-0.4, -0.2) is 20.8 Å². The summed E-state index contributed by atoms with van der Waals surface area (Å²) in [6.45, 7) is 10.3. The lowest BCUT2D eigenvalue weighted by Crippen LogP contribution is -2.41. The van der Waals surface area contributed by atoms with E-state index in [-0.39, 0.29) is 0 Å². The highest BCUT2D eigenvalue weighted by Crippen LogP contribution is 2.36. The van der Waals surface area contributed by atoms with Crippen molar-refractivity contribution in [3.63, 3.8) is 0 Å². The van der Waals surface area contributed by atoms with Crippen molar-refractivity contribution < 1.29 is 4.74 Å². The minimum Gasteiger partial charge on any atom is -0.373 e. The summed E-state index contributed by atoms with van der Waals surface area (Å²) >= 11 is 0. The minimum absolute atomic E-state index is 0.416. The van der Waals surface area contributed by atoms with Gasteiger partial charge in [0.25, 0.3) is 0 Å². The first-order valence-corrected chi connectivity index (χ1v) is 11.7. The third kappa shape index (κ3) is 4.21. The number of rotatable bonds is 7. The van der Waals surface area contributed by atoms with E-state index in [1.807, 2.05) is 0 Å². The third-order valence-corrected chi connectivity index (χ3v) is 8.05. The van der Waals surface area contributed by atoms with Crippen molar-refractivity contribution in [1.82, 2.24) is 0 Å². The lowest BCUT2D eigenvalue weighted by molar-refractivity contribution is 0.387. The molecule has 23 heavy (non-hydrogen) atoms. The highest BCUT2D eigenvalue weighted by Gasteiger charge is 2.32. The maximum Gasteiger partial charge on any atom is 0.0846 e. The van der Waals surface area contributed by atoms with E-state index in [2.05, 4.69) is 80.3 Å². The molecule has 1 saturated heterocycles. The third-order valence-electron chi connectivity index (χ3n) is 4.82. The van der Waals surface area contributed by atoms with Crippen LogP contribution in [0.5, 0.6) is 0 Å². The zero-order chi connectivity index (χ0) is 16.3. The normalized spacial score (nSPS) is 18.4. The molecular formula is C21H26OSi. The molecule has 120 valence electrons. The van der Waals surface area contributed by atoms with Crippen LogP contribution in [0.15, 0.2) is 72.8 Å². The van der Waals surface area contributed by atoms with Gasteiger partial charge in [-0.25, -0.2) is 0 Å². The highest BCUT2D eigenvalue weighted by molar-refractivity contribution is 6.90. The van der Waals surface area contributed by atoms with E-state index in [0.29, 0.717) is 12.0 Å². The summed E-state index contributed by atoms with van der Waals surface area (Å²) in [5.74, 6) is 0.416. The van der Waals surface area contributed by atoms with Gasteiger partial charge in [0, 0.05) is 5.92 Å². The van der Waals surface area contributed by atoms with Crippen molar-refractivity contribution in [3.05, 3.63) is 78.4 Å². The molecule has 0 spiro atoms. The topological polar surface area (TPSA) is 12.5 Å². The average molecular weight is 323 g/mol. The van der Waals surface area contributed by atoms with E-state index in [1.165, 1.54) is 16.3 Å². The number of epoxide rings is 1. The second kappa shape index (κ2) is 6.86. The van der Waals surface area contributed by atoms with E-state index in [4.69, 9.17) is 4.74 Å². The van der Waals surface area contributed by atoms with Crippen molar-refractivity contribution in [2.45, 2.75) is 37.6 Å². The predicted molar refractivity (Wildman–Crippen MR) is 101 cm³/mol. The fourth-order valence-electron chi connectivity index (χ4n) is 3.37. The fraction of sp³-hybridized carbons (Fsp3) is 0.333. The molecule has 2 unspecified atom stereocenters. The summed E-state index contributed by atoms with van der Waals surface area (Å²) in [6, 6.07) is 22.9. The van der Waals surface area contributed by atoms with Crippen LogP contribution in [0.25, 0.3) is 0 Å². The SMILES string of the molecule is C=C(C[Si](C)(C)c1ccccc1)C(CC1CO1)c1ccccc1. The maximum atomic E-state index is 5.50. The molecule has 0 radical (unpaired) electrons. The minimum atomic E-state index is -1.51. The zero-order valence-corrected chi connectivity index (χ0v) is 15.2. The van der Waals surface area contributed by atoms with E-state index in [1.54, 1.807) is 0 Å². The predicted octanol–water partition coefficient (Wildman–Crippen LogP) is 4.73. The molecule has 0 bridgehead atoms. The molecule has 2 heteroatoms. The molecule has 1 aliphatic rings. The van der Waals surface area contributed by atoms with Crippen LogP contribution in [0.4, 0.5) is 0 Å². The molecule has 3 rings (SSSR count). The summed E-state index contributed by atoms with van der Waals surface area (Å²) in [6.07, 6.45) is 1.50. The lowest BCUT2D eigenvalue weighted by Gasteiger charge is -2.28. The van der Waals surface area contributed by atoms with Gasteiger partial charge in [0.15, 0.2) is 0 Å². The van der Waals surface area contributed by atoms with Crippen molar-refractivity contribution in [2.75, 3.05) is 6.61 Å². The molecule has 0 aliphatic carbocycles. The van der Waals surface area contributed by atoms with Gasteiger partial charge in [0.05, 0.1) is 20.8 Å². The van der Waals surface area contributed by atoms with Crippen LogP contribution >= 0.6 is 0 Å². The second-order valence-electron chi connectivity index (χ2n) is 7.24. The number of hydrogen-bond donors (Lipinski definition) is 0. The first kappa shape index (κ1) is 16.2. The number of allylic oxidation sites excluding steroid dienone is 1. The molecule has 2 aromatic carbocycles. The van der Waals surface area contributed by atoms with Gasteiger partial charge in [-0.15, -0.1) is 0 Å². The van der Waals surface area contributed by atoms with Crippen molar-refractivity contribution in [1.29, 1.82) is 0 Å². The number of benzene rings is 2.